The zero-order chi connectivity index (χ0) is 13.0. The molecule has 18 heavy (non-hydrogen) atoms. The van der Waals surface area contributed by atoms with Crippen molar-refractivity contribution in [2.75, 3.05) is 6.54 Å². The van der Waals surface area contributed by atoms with Crippen LogP contribution in [0.25, 0.3) is 0 Å². The Balaban J connectivity index is 1.87. The molecule has 0 aliphatic carbocycles. The maximum Gasteiger partial charge on any atom is 0.141 e. The van der Waals surface area contributed by atoms with Gasteiger partial charge in [0.05, 0.1) is 5.02 Å². The van der Waals surface area contributed by atoms with Crippen LogP contribution in [-0.2, 0) is 6.42 Å². The number of hydrogen-bond acceptors (Lipinski definition) is 3. The largest absolute Gasteiger partial charge is 0.310 e. The van der Waals surface area contributed by atoms with Gasteiger partial charge in [0.1, 0.15) is 18.0 Å². The van der Waals surface area contributed by atoms with Crippen molar-refractivity contribution in [3.63, 3.8) is 0 Å². The number of halogens is 2. The predicted molar refractivity (Wildman–Crippen MR) is 67.9 cm³/mol. The number of aromatic nitrogens is 3. The third-order valence-corrected chi connectivity index (χ3v) is 3.01. The highest BCUT2D eigenvalue weighted by Gasteiger charge is 2.07. The maximum atomic E-state index is 13.0. The fourth-order valence-corrected chi connectivity index (χ4v) is 1.85. The molecule has 1 aromatic carbocycles. The monoisotopic (exact) mass is 268 g/mol. The van der Waals surface area contributed by atoms with Gasteiger partial charge >= 0.3 is 0 Å². The first-order chi connectivity index (χ1) is 8.66. The minimum absolute atomic E-state index is 0.103. The van der Waals surface area contributed by atoms with E-state index in [1.165, 1.54) is 12.4 Å². The molecule has 2 aromatic rings. The van der Waals surface area contributed by atoms with E-state index >= 15 is 0 Å². The quantitative estimate of drug-likeness (QED) is 0.876. The van der Waals surface area contributed by atoms with Gasteiger partial charge in [-0.05, 0) is 24.6 Å². The highest BCUT2D eigenvalue weighted by molar-refractivity contribution is 6.30. The second kappa shape index (κ2) is 5.93. The summed E-state index contributed by atoms with van der Waals surface area (Å²) in [5.74, 6) is 0.445. The lowest BCUT2D eigenvalue weighted by atomic mass is 10.1. The van der Waals surface area contributed by atoms with Gasteiger partial charge in [-0.3, -0.25) is 5.10 Å². The summed E-state index contributed by atoms with van der Waals surface area (Å²) in [4.78, 5) is 4.03. The molecule has 0 aliphatic rings. The van der Waals surface area contributed by atoms with Crippen molar-refractivity contribution in [3.8, 4) is 0 Å². The smallest absolute Gasteiger partial charge is 0.141 e. The van der Waals surface area contributed by atoms with Crippen molar-refractivity contribution >= 4 is 11.6 Å². The number of nitrogens with one attached hydrogen (secondary N) is 2. The van der Waals surface area contributed by atoms with Crippen LogP contribution in [0, 0.1) is 5.82 Å². The first-order valence-electron chi connectivity index (χ1n) is 5.69. The normalized spacial score (nSPS) is 12.6. The first-order valence-corrected chi connectivity index (χ1v) is 6.07. The molecule has 1 atom stereocenters. The Morgan fingerprint density at radius 3 is 3.00 bits per heavy atom. The highest BCUT2D eigenvalue weighted by atomic mass is 35.5. The Kier molecular flexibility index (Phi) is 4.28. The molecule has 0 fully saturated rings. The van der Waals surface area contributed by atoms with Crippen LogP contribution in [0.15, 0.2) is 24.5 Å². The van der Waals surface area contributed by atoms with Gasteiger partial charge in [0.2, 0.25) is 0 Å². The van der Waals surface area contributed by atoms with E-state index in [4.69, 9.17) is 11.6 Å². The number of aromatic amines is 1. The minimum atomic E-state index is -0.394. The summed E-state index contributed by atoms with van der Waals surface area (Å²) in [5, 5.41) is 10.0. The SMILES string of the molecule is CC(NCCc1ncn[nH]1)c1ccc(F)c(Cl)c1. The van der Waals surface area contributed by atoms with Gasteiger partial charge in [-0.2, -0.15) is 5.10 Å². The van der Waals surface area contributed by atoms with E-state index in [-0.39, 0.29) is 11.1 Å². The molecule has 0 bridgehead atoms. The molecule has 96 valence electrons. The van der Waals surface area contributed by atoms with E-state index in [1.807, 2.05) is 6.92 Å². The molecule has 0 spiro atoms. The fraction of sp³-hybridized carbons (Fsp3) is 0.333. The highest BCUT2D eigenvalue weighted by Crippen LogP contribution is 2.20. The molecular formula is C12H14ClFN4. The van der Waals surface area contributed by atoms with Gasteiger partial charge in [0.25, 0.3) is 0 Å². The third-order valence-electron chi connectivity index (χ3n) is 2.72. The molecule has 1 aromatic heterocycles. The van der Waals surface area contributed by atoms with Crippen LogP contribution in [0.4, 0.5) is 4.39 Å². The number of rotatable bonds is 5. The average Bonchev–Trinajstić information content (AvgIpc) is 2.85. The van der Waals surface area contributed by atoms with E-state index in [0.29, 0.717) is 0 Å². The summed E-state index contributed by atoms with van der Waals surface area (Å²) in [7, 11) is 0. The van der Waals surface area contributed by atoms with Crippen LogP contribution < -0.4 is 5.32 Å². The van der Waals surface area contributed by atoms with Crippen LogP contribution in [0.3, 0.4) is 0 Å². The number of H-pyrrole nitrogens is 1. The van der Waals surface area contributed by atoms with E-state index in [1.54, 1.807) is 12.1 Å². The molecule has 0 aliphatic heterocycles. The lowest BCUT2D eigenvalue weighted by Crippen LogP contribution is -2.21. The lowest BCUT2D eigenvalue weighted by Gasteiger charge is -2.14. The molecule has 0 saturated carbocycles. The van der Waals surface area contributed by atoms with Gasteiger partial charge < -0.3 is 5.32 Å². The lowest BCUT2D eigenvalue weighted by molar-refractivity contribution is 0.567. The maximum absolute atomic E-state index is 13.0. The minimum Gasteiger partial charge on any atom is -0.310 e. The van der Waals surface area contributed by atoms with Crippen LogP contribution in [0.2, 0.25) is 5.02 Å². The van der Waals surface area contributed by atoms with Gasteiger partial charge in [-0.1, -0.05) is 17.7 Å². The molecule has 2 N–H and O–H groups in total. The van der Waals surface area contributed by atoms with E-state index < -0.39 is 5.82 Å². The molecule has 1 heterocycles. The van der Waals surface area contributed by atoms with E-state index in [2.05, 4.69) is 20.5 Å². The Morgan fingerprint density at radius 2 is 2.33 bits per heavy atom. The molecule has 0 saturated heterocycles. The second-order valence-corrected chi connectivity index (χ2v) is 4.44. The molecule has 6 heteroatoms. The summed E-state index contributed by atoms with van der Waals surface area (Å²) in [5.41, 5.74) is 0.957. The van der Waals surface area contributed by atoms with Crippen molar-refractivity contribution in [3.05, 3.63) is 46.8 Å². The Morgan fingerprint density at radius 1 is 1.50 bits per heavy atom. The average molecular weight is 269 g/mol. The molecule has 1 unspecified atom stereocenters. The van der Waals surface area contributed by atoms with Crippen molar-refractivity contribution < 1.29 is 4.39 Å². The number of hydrogen-bond donors (Lipinski definition) is 2. The van der Waals surface area contributed by atoms with Crippen LogP contribution in [-0.4, -0.2) is 21.7 Å². The van der Waals surface area contributed by atoms with Gasteiger partial charge in [-0.15, -0.1) is 0 Å². The molecule has 0 radical (unpaired) electrons. The van der Waals surface area contributed by atoms with Gasteiger partial charge in [-0.25, -0.2) is 9.37 Å². The molecule has 4 nitrogen and oxygen atoms in total. The van der Waals surface area contributed by atoms with Crippen LogP contribution in [0.1, 0.15) is 24.4 Å². The second-order valence-electron chi connectivity index (χ2n) is 4.03. The fourth-order valence-electron chi connectivity index (χ4n) is 1.66. The summed E-state index contributed by atoms with van der Waals surface area (Å²) in [6, 6.07) is 4.86. The molecular weight excluding hydrogens is 255 g/mol. The van der Waals surface area contributed by atoms with Crippen LogP contribution >= 0.6 is 11.6 Å². The summed E-state index contributed by atoms with van der Waals surface area (Å²) in [6.45, 7) is 2.76. The Labute approximate surface area is 110 Å². The molecule has 2 rings (SSSR count). The topological polar surface area (TPSA) is 53.6 Å². The summed E-state index contributed by atoms with van der Waals surface area (Å²) >= 11 is 5.75. The van der Waals surface area contributed by atoms with E-state index in [9.17, 15) is 4.39 Å². The van der Waals surface area contributed by atoms with Crippen molar-refractivity contribution in [1.82, 2.24) is 20.5 Å². The number of nitrogens with zero attached hydrogens (tertiary/aromatic N) is 2. The standard InChI is InChI=1S/C12H14ClFN4/c1-8(9-2-3-11(14)10(13)6-9)15-5-4-12-16-7-17-18-12/h2-3,6-8,15H,4-5H2,1H3,(H,16,17,18). The molecule has 0 amide bonds. The number of benzene rings is 1. The Hall–Kier alpha value is -1.46. The zero-order valence-electron chi connectivity index (χ0n) is 9.95. The van der Waals surface area contributed by atoms with Gasteiger partial charge in [0, 0.05) is 19.0 Å². The van der Waals surface area contributed by atoms with Gasteiger partial charge in [0.15, 0.2) is 0 Å². The van der Waals surface area contributed by atoms with Crippen LogP contribution in [0.5, 0.6) is 0 Å². The van der Waals surface area contributed by atoms with E-state index in [0.717, 1.165) is 24.4 Å². The summed E-state index contributed by atoms with van der Waals surface area (Å²) < 4.78 is 13.0. The predicted octanol–water partition coefficient (Wildman–Crippen LogP) is 2.49. The van der Waals surface area contributed by atoms with Crippen molar-refractivity contribution in [2.45, 2.75) is 19.4 Å². The first kappa shape index (κ1) is 13.0. The Bertz CT molecular complexity index is 501. The van der Waals surface area contributed by atoms with Crippen molar-refractivity contribution in [1.29, 1.82) is 0 Å². The third kappa shape index (κ3) is 3.27. The van der Waals surface area contributed by atoms with Crippen molar-refractivity contribution in [2.24, 2.45) is 0 Å². The zero-order valence-corrected chi connectivity index (χ0v) is 10.7. The summed E-state index contributed by atoms with van der Waals surface area (Å²) in [6.07, 6.45) is 2.25.